The molecule has 0 saturated carbocycles. The molecule has 7 nitrogen and oxygen atoms in total. The first-order valence-corrected chi connectivity index (χ1v) is 13.2. The average molecular weight is 523 g/mol. The van der Waals surface area contributed by atoms with E-state index in [1.165, 1.54) is 7.11 Å². The van der Waals surface area contributed by atoms with Crippen LogP contribution >= 0.6 is 11.6 Å². The minimum Gasteiger partial charge on any atom is -0.490 e. The molecule has 1 aromatic rings. The van der Waals surface area contributed by atoms with Crippen molar-refractivity contribution in [3.05, 3.63) is 53.6 Å². The number of carbonyl (C=O) groups excluding carboxylic acids is 1. The van der Waals surface area contributed by atoms with E-state index in [4.69, 9.17) is 35.3 Å². The van der Waals surface area contributed by atoms with Crippen LogP contribution in [0.2, 0.25) is 5.02 Å². The van der Waals surface area contributed by atoms with Crippen molar-refractivity contribution in [2.75, 3.05) is 34.0 Å². The molecular weight excluding hydrogens is 484 g/mol. The lowest BCUT2D eigenvalue weighted by atomic mass is 9.94. The quantitative estimate of drug-likeness (QED) is 0.181. The number of hydrogen-bond acceptors (Lipinski definition) is 7. The standard InChI is InChI=1S/C28H39ClO7/c1-31-26-20-35-25(24(26)12-5-3-4-6-13-27(30)32-2)16-15-23(36-28-14-7-8-17-33-28)19-34-22-11-9-10-21(29)18-22/h3,5,9-11,15-16,18,23-26,28H,4,6-8,12-14,17,19-20H2,1-2H3/t23?,24-,25-,26?,28?/m1/s1. The summed E-state index contributed by atoms with van der Waals surface area (Å²) in [4.78, 5) is 11.3. The molecule has 0 spiro atoms. The lowest BCUT2D eigenvalue weighted by Crippen LogP contribution is -2.31. The van der Waals surface area contributed by atoms with E-state index in [-0.39, 0.29) is 36.5 Å². The molecule has 0 bridgehead atoms. The van der Waals surface area contributed by atoms with Crippen LogP contribution in [0.25, 0.3) is 0 Å². The summed E-state index contributed by atoms with van der Waals surface area (Å²) in [6, 6.07) is 7.34. The Labute approximate surface area is 219 Å². The van der Waals surface area contributed by atoms with Gasteiger partial charge < -0.3 is 28.4 Å². The Morgan fingerprint density at radius 3 is 2.86 bits per heavy atom. The van der Waals surface area contributed by atoms with Crippen LogP contribution in [0.15, 0.2) is 48.6 Å². The molecule has 3 rings (SSSR count). The van der Waals surface area contributed by atoms with Crippen LogP contribution in [0.5, 0.6) is 5.75 Å². The summed E-state index contributed by atoms with van der Waals surface area (Å²) >= 11 is 6.10. The molecule has 0 radical (unpaired) electrons. The number of methoxy groups -OCH3 is 2. The number of halogens is 1. The number of esters is 1. The third kappa shape index (κ3) is 9.87. The van der Waals surface area contributed by atoms with Crippen LogP contribution in [0.1, 0.15) is 44.9 Å². The van der Waals surface area contributed by atoms with Gasteiger partial charge in [0.2, 0.25) is 0 Å². The Kier molecular flexibility index (Phi) is 12.8. The third-order valence-electron chi connectivity index (χ3n) is 6.40. The maximum absolute atomic E-state index is 11.3. The Bertz CT molecular complexity index is 837. The number of hydrogen-bond donors (Lipinski definition) is 0. The first-order valence-electron chi connectivity index (χ1n) is 12.8. The van der Waals surface area contributed by atoms with E-state index in [0.717, 1.165) is 38.5 Å². The fraction of sp³-hybridized carbons (Fsp3) is 0.607. The largest absolute Gasteiger partial charge is 0.490 e. The molecule has 2 fully saturated rings. The zero-order valence-corrected chi connectivity index (χ0v) is 22.1. The van der Waals surface area contributed by atoms with E-state index < -0.39 is 0 Å². The molecule has 36 heavy (non-hydrogen) atoms. The number of benzene rings is 1. The highest BCUT2D eigenvalue weighted by atomic mass is 35.5. The van der Waals surface area contributed by atoms with E-state index >= 15 is 0 Å². The molecule has 2 aliphatic rings. The number of rotatable bonds is 14. The lowest BCUT2D eigenvalue weighted by molar-refractivity contribution is -0.182. The van der Waals surface area contributed by atoms with Crippen molar-refractivity contribution in [1.29, 1.82) is 0 Å². The van der Waals surface area contributed by atoms with Crippen LogP contribution in [0.4, 0.5) is 0 Å². The highest BCUT2D eigenvalue weighted by Crippen LogP contribution is 2.29. The van der Waals surface area contributed by atoms with Gasteiger partial charge in [-0.2, -0.15) is 0 Å². The summed E-state index contributed by atoms with van der Waals surface area (Å²) in [6.07, 6.45) is 13.6. The van der Waals surface area contributed by atoms with Crippen LogP contribution in [0, 0.1) is 5.92 Å². The smallest absolute Gasteiger partial charge is 0.305 e. The second kappa shape index (κ2) is 16.0. The molecule has 2 aliphatic heterocycles. The lowest BCUT2D eigenvalue weighted by Gasteiger charge is -2.27. The normalized spacial score (nSPS) is 25.4. The first kappa shape index (κ1) is 28.7. The summed E-state index contributed by atoms with van der Waals surface area (Å²) in [7, 11) is 3.14. The summed E-state index contributed by atoms with van der Waals surface area (Å²) < 4.78 is 34.4. The molecule has 1 aromatic carbocycles. The highest BCUT2D eigenvalue weighted by molar-refractivity contribution is 6.30. The fourth-order valence-electron chi connectivity index (χ4n) is 4.35. The zero-order chi connectivity index (χ0) is 25.6. The van der Waals surface area contributed by atoms with Crippen LogP contribution in [-0.2, 0) is 28.5 Å². The van der Waals surface area contributed by atoms with Crippen molar-refractivity contribution in [3.63, 3.8) is 0 Å². The number of allylic oxidation sites excluding steroid dienone is 2. The molecule has 0 aromatic heterocycles. The molecule has 200 valence electrons. The van der Waals surface area contributed by atoms with Crippen molar-refractivity contribution in [1.82, 2.24) is 0 Å². The Hall–Kier alpha value is -1.90. The summed E-state index contributed by atoms with van der Waals surface area (Å²) in [5, 5.41) is 0.627. The minimum absolute atomic E-state index is 0.0168. The van der Waals surface area contributed by atoms with Crippen molar-refractivity contribution in [2.24, 2.45) is 5.92 Å². The Morgan fingerprint density at radius 1 is 1.22 bits per heavy atom. The van der Waals surface area contributed by atoms with E-state index in [0.29, 0.717) is 37.0 Å². The molecular formula is C28H39ClO7. The van der Waals surface area contributed by atoms with Gasteiger partial charge in [0.15, 0.2) is 6.29 Å². The van der Waals surface area contributed by atoms with E-state index in [2.05, 4.69) is 23.0 Å². The summed E-state index contributed by atoms with van der Waals surface area (Å²) in [6.45, 7) is 1.59. The summed E-state index contributed by atoms with van der Waals surface area (Å²) in [5.41, 5.74) is 0. The van der Waals surface area contributed by atoms with E-state index in [9.17, 15) is 4.79 Å². The Balaban J connectivity index is 1.58. The van der Waals surface area contributed by atoms with Crippen molar-refractivity contribution >= 4 is 17.6 Å². The van der Waals surface area contributed by atoms with Gasteiger partial charge in [0.05, 0.1) is 25.9 Å². The van der Waals surface area contributed by atoms with Crippen molar-refractivity contribution < 1.29 is 33.2 Å². The van der Waals surface area contributed by atoms with Gasteiger partial charge in [-0.05, 0) is 56.7 Å². The van der Waals surface area contributed by atoms with Gasteiger partial charge >= 0.3 is 5.97 Å². The second-order valence-electron chi connectivity index (χ2n) is 9.04. The monoisotopic (exact) mass is 522 g/mol. The topological polar surface area (TPSA) is 72.5 Å². The van der Waals surface area contributed by atoms with Gasteiger partial charge in [-0.25, -0.2) is 0 Å². The molecule has 2 saturated heterocycles. The predicted octanol–water partition coefficient (Wildman–Crippen LogP) is 5.51. The molecule has 2 heterocycles. The predicted molar refractivity (Wildman–Crippen MR) is 138 cm³/mol. The maximum Gasteiger partial charge on any atom is 0.305 e. The van der Waals surface area contributed by atoms with E-state index in [1.54, 1.807) is 13.2 Å². The second-order valence-corrected chi connectivity index (χ2v) is 9.47. The van der Waals surface area contributed by atoms with Gasteiger partial charge in [-0.15, -0.1) is 0 Å². The number of carbonyl (C=O) groups is 1. The molecule has 3 unspecified atom stereocenters. The SMILES string of the molecule is COC(=O)CCCC=CC[C@H]1C(OC)CO[C@@H]1C=CC(COc1cccc(Cl)c1)OC1CCCCO1. The third-order valence-corrected chi connectivity index (χ3v) is 6.63. The highest BCUT2D eigenvalue weighted by Gasteiger charge is 2.35. The molecule has 0 amide bonds. The van der Waals surface area contributed by atoms with Gasteiger partial charge in [0.1, 0.15) is 18.5 Å². The Morgan fingerprint density at radius 2 is 2.11 bits per heavy atom. The van der Waals surface area contributed by atoms with Crippen LogP contribution in [-0.4, -0.2) is 64.6 Å². The maximum atomic E-state index is 11.3. The number of unbranched alkanes of at least 4 members (excludes halogenated alkanes) is 1. The average Bonchev–Trinajstić information content (AvgIpc) is 3.29. The van der Waals surface area contributed by atoms with Crippen molar-refractivity contribution in [3.8, 4) is 5.75 Å². The van der Waals surface area contributed by atoms with Crippen LogP contribution in [0.3, 0.4) is 0 Å². The minimum atomic E-state index is -0.299. The van der Waals surface area contributed by atoms with Crippen LogP contribution < -0.4 is 4.74 Å². The van der Waals surface area contributed by atoms with Crippen molar-refractivity contribution in [2.45, 2.75) is 69.5 Å². The molecule has 0 N–H and O–H groups in total. The molecule has 8 heteroatoms. The fourth-order valence-corrected chi connectivity index (χ4v) is 4.53. The molecule has 5 atom stereocenters. The number of ether oxygens (including phenoxy) is 6. The van der Waals surface area contributed by atoms with E-state index in [1.807, 2.05) is 24.3 Å². The molecule has 0 aliphatic carbocycles. The van der Waals surface area contributed by atoms with Gasteiger partial charge in [-0.3, -0.25) is 4.79 Å². The summed E-state index contributed by atoms with van der Waals surface area (Å²) in [5.74, 6) is 0.705. The van der Waals surface area contributed by atoms with Gasteiger partial charge in [0.25, 0.3) is 0 Å². The first-order chi connectivity index (χ1) is 17.6. The van der Waals surface area contributed by atoms with Gasteiger partial charge in [0, 0.05) is 31.1 Å². The van der Waals surface area contributed by atoms with Gasteiger partial charge in [-0.1, -0.05) is 42.0 Å². The zero-order valence-electron chi connectivity index (χ0n) is 21.3.